The molecule has 1 rings (SSSR count). The summed E-state index contributed by atoms with van der Waals surface area (Å²) in [5, 5.41) is 0. The lowest BCUT2D eigenvalue weighted by Crippen LogP contribution is -2.38. The minimum absolute atomic E-state index is 0.192. The lowest BCUT2D eigenvalue weighted by atomic mass is 10.00. The highest BCUT2D eigenvalue weighted by Crippen LogP contribution is 2.31. The van der Waals surface area contributed by atoms with E-state index in [1.807, 2.05) is 13.0 Å². The van der Waals surface area contributed by atoms with Crippen LogP contribution in [0, 0.1) is 12.7 Å². The summed E-state index contributed by atoms with van der Waals surface area (Å²) < 4.78 is 19.1. The highest BCUT2D eigenvalue weighted by atomic mass is 19.1. The molecule has 0 aromatic heterocycles. The Kier molecular flexibility index (Phi) is 7.12. The van der Waals surface area contributed by atoms with E-state index in [-0.39, 0.29) is 11.9 Å². The Bertz CT molecular complexity index is 445. The van der Waals surface area contributed by atoms with Gasteiger partial charge in [0, 0.05) is 31.4 Å². The van der Waals surface area contributed by atoms with Crippen molar-refractivity contribution >= 4 is 5.69 Å². The van der Waals surface area contributed by atoms with Crippen LogP contribution in [-0.4, -0.2) is 26.3 Å². The Balaban J connectivity index is 3.30. The summed E-state index contributed by atoms with van der Waals surface area (Å²) in [6, 6.07) is 3.71. The summed E-state index contributed by atoms with van der Waals surface area (Å²) in [7, 11) is 1.70. The molecule has 0 saturated carbocycles. The van der Waals surface area contributed by atoms with Crippen LogP contribution in [0.3, 0.4) is 0 Å². The maximum atomic E-state index is 13.9. The number of anilines is 1. The average molecular weight is 296 g/mol. The summed E-state index contributed by atoms with van der Waals surface area (Å²) in [6.07, 6.45) is 2.07. The van der Waals surface area contributed by atoms with Gasteiger partial charge in [0.25, 0.3) is 0 Å². The van der Waals surface area contributed by atoms with Crippen molar-refractivity contribution in [1.82, 2.24) is 0 Å². The third-order valence-corrected chi connectivity index (χ3v) is 4.03. The second-order valence-electron chi connectivity index (χ2n) is 5.61. The lowest BCUT2D eigenvalue weighted by molar-refractivity contribution is 0.202. The van der Waals surface area contributed by atoms with Gasteiger partial charge >= 0.3 is 0 Å². The van der Waals surface area contributed by atoms with Crippen LogP contribution < -0.4 is 10.6 Å². The van der Waals surface area contributed by atoms with Crippen molar-refractivity contribution in [3.05, 3.63) is 29.1 Å². The molecule has 1 aromatic carbocycles. The fourth-order valence-corrected chi connectivity index (χ4v) is 2.71. The Hall–Kier alpha value is -1.13. The Morgan fingerprint density at radius 2 is 1.90 bits per heavy atom. The van der Waals surface area contributed by atoms with E-state index in [1.165, 1.54) is 0 Å². The van der Waals surface area contributed by atoms with Gasteiger partial charge in [-0.05, 0) is 49.9 Å². The molecule has 0 aliphatic heterocycles. The van der Waals surface area contributed by atoms with Gasteiger partial charge in [-0.1, -0.05) is 13.8 Å². The van der Waals surface area contributed by atoms with E-state index in [0.29, 0.717) is 18.2 Å². The van der Waals surface area contributed by atoms with Crippen LogP contribution in [-0.2, 0) is 4.74 Å². The first-order valence-electron chi connectivity index (χ1n) is 7.77. The van der Waals surface area contributed by atoms with Crippen molar-refractivity contribution < 1.29 is 9.13 Å². The van der Waals surface area contributed by atoms with Crippen molar-refractivity contribution in [2.24, 2.45) is 5.73 Å². The Morgan fingerprint density at radius 1 is 1.29 bits per heavy atom. The smallest absolute Gasteiger partial charge is 0.126 e. The predicted molar refractivity (Wildman–Crippen MR) is 87.3 cm³/mol. The molecule has 4 heteroatoms. The maximum absolute atomic E-state index is 13.9. The van der Waals surface area contributed by atoms with Gasteiger partial charge in [-0.25, -0.2) is 4.39 Å². The fraction of sp³-hybridized carbons (Fsp3) is 0.647. The average Bonchev–Trinajstić information content (AvgIpc) is 2.46. The van der Waals surface area contributed by atoms with Crippen LogP contribution in [0.4, 0.5) is 10.1 Å². The van der Waals surface area contributed by atoms with Gasteiger partial charge in [-0.3, -0.25) is 0 Å². The highest BCUT2D eigenvalue weighted by Gasteiger charge is 2.21. The van der Waals surface area contributed by atoms with Gasteiger partial charge in [0.2, 0.25) is 0 Å². The first-order chi connectivity index (χ1) is 9.96. The number of hydrogen-bond acceptors (Lipinski definition) is 3. The van der Waals surface area contributed by atoms with E-state index >= 15 is 0 Å². The first-order valence-corrected chi connectivity index (χ1v) is 7.77. The molecule has 0 bridgehead atoms. The number of benzene rings is 1. The van der Waals surface area contributed by atoms with E-state index in [0.717, 1.165) is 30.6 Å². The van der Waals surface area contributed by atoms with Gasteiger partial charge in [0.15, 0.2) is 0 Å². The van der Waals surface area contributed by atoms with E-state index in [1.54, 1.807) is 20.1 Å². The van der Waals surface area contributed by atoms with Crippen molar-refractivity contribution in [3.63, 3.8) is 0 Å². The lowest BCUT2D eigenvalue weighted by Gasteiger charge is -2.35. The topological polar surface area (TPSA) is 38.5 Å². The molecule has 2 N–H and O–H groups in total. The number of nitrogens with two attached hydrogens (primary N) is 1. The molecule has 0 saturated heterocycles. The van der Waals surface area contributed by atoms with Gasteiger partial charge < -0.3 is 15.4 Å². The molecule has 0 fully saturated rings. The van der Waals surface area contributed by atoms with E-state index < -0.39 is 0 Å². The van der Waals surface area contributed by atoms with Crippen LogP contribution in [0.2, 0.25) is 0 Å². The molecule has 0 amide bonds. The predicted octanol–water partition coefficient (Wildman–Crippen LogP) is 3.80. The molecule has 0 radical (unpaired) electrons. The number of methoxy groups -OCH3 is 1. The second-order valence-corrected chi connectivity index (χ2v) is 5.61. The Labute approximate surface area is 128 Å². The number of rotatable bonds is 8. The summed E-state index contributed by atoms with van der Waals surface area (Å²) in [5.41, 5.74) is 8.61. The minimum Gasteiger partial charge on any atom is -0.383 e. The fourth-order valence-electron chi connectivity index (χ4n) is 2.71. The molecule has 1 aromatic rings. The second kappa shape index (κ2) is 8.35. The third-order valence-electron chi connectivity index (χ3n) is 4.03. The molecule has 0 spiro atoms. The SMILES string of the molecule is CCC(CC)N(CCOC)c1cc(C)c(F)cc1[C@H](C)N. The number of hydrogen-bond donors (Lipinski definition) is 1. The normalized spacial score (nSPS) is 12.8. The van der Waals surface area contributed by atoms with Crippen LogP contribution in [0.1, 0.15) is 50.8 Å². The summed E-state index contributed by atoms with van der Waals surface area (Å²) in [6.45, 7) is 9.48. The van der Waals surface area contributed by atoms with Gasteiger partial charge in [-0.15, -0.1) is 0 Å². The van der Waals surface area contributed by atoms with Crippen LogP contribution >= 0.6 is 0 Å². The van der Waals surface area contributed by atoms with Crippen LogP contribution in [0.25, 0.3) is 0 Å². The van der Waals surface area contributed by atoms with E-state index in [2.05, 4.69) is 18.7 Å². The molecule has 120 valence electrons. The molecule has 21 heavy (non-hydrogen) atoms. The highest BCUT2D eigenvalue weighted by molar-refractivity contribution is 5.58. The van der Waals surface area contributed by atoms with Crippen molar-refractivity contribution in [3.8, 4) is 0 Å². The molecule has 0 heterocycles. The van der Waals surface area contributed by atoms with Crippen molar-refractivity contribution in [2.75, 3.05) is 25.2 Å². The largest absolute Gasteiger partial charge is 0.383 e. The first kappa shape index (κ1) is 17.9. The molecule has 0 aliphatic carbocycles. The van der Waals surface area contributed by atoms with E-state index in [4.69, 9.17) is 10.5 Å². The van der Waals surface area contributed by atoms with Gasteiger partial charge in [0.1, 0.15) is 5.82 Å². The molecule has 0 unspecified atom stereocenters. The number of halogens is 1. The number of ether oxygens (including phenoxy) is 1. The zero-order valence-corrected chi connectivity index (χ0v) is 13.9. The Morgan fingerprint density at radius 3 is 2.38 bits per heavy atom. The van der Waals surface area contributed by atoms with Crippen molar-refractivity contribution in [2.45, 2.75) is 52.6 Å². The monoisotopic (exact) mass is 296 g/mol. The molecular weight excluding hydrogens is 267 g/mol. The molecule has 1 atom stereocenters. The zero-order chi connectivity index (χ0) is 16.0. The van der Waals surface area contributed by atoms with Gasteiger partial charge in [0.05, 0.1) is 6.61 Å². The van der Waals surface area contributed by atoms with Crippen LogP contribution in [0.15, 0.2) is 12.1 Å². The van der Waals surface area contributed by atoms with Crippen molar-refractivity contribution in [1.29, 1.82) is 0 Å². The van der Waals surface area contributed by atoms with E-state index in [9.17, 15) is 4.39 Å². The standard InChI is InChI=1S/C17H29FN2O/c1-6-14(7-2)20(8-9-21-5)17-10-12(3)16(18)11-15(17)13(4)19/h10-11,13-14H,6-9,19H2,1-5H3/t13-/m0/s1. The quantitative estimate of drug-likeness (QED) is 0.793. The summed E-state index contributed by atoms with van der Waals surface area (Å²) >= 11 is 0. The third kappa shape index (κ3) is 4.42. The zero-order valence-electron chi connectivity index (χ0n) is 13.9. The summed E-state index contributed by atoms with van der Waals surface area (Å²) in [4.78, 5) is 2.31. The minimum atomic E-state index is -0.200. The van der Waals surface area contributed by atoms with Crippen LogP contribution in [0.5, 0.6) is 0 Å². The van der Waals surface area contributed by atoms with Gasteiger partial charge in [-0.2, -0.15) is 0 Å². The molecule has 0 aliphatic rings. The number of nitrogens with zero attached hydrogens (tertiary/aromatic N) is 1. The maximum Gasteiger partial charge on any atom is 0.126 e. The molecule has 3 nitrogen and oxygen atoms in total. The molecular formula is C17H29FN2O. The number of aryl methyl sites for hydroxylation is 1. The summed E-state index contributed by atoms with van der Waals surface area (Å²) in [5.74, 6) is -0.192.